The number of carboxylic acids is 3. The Balaban J connectivity index is 1.96. The third-order valence-electron chi connectivity index (χ3n) is 7.01. The summed E-state index contributed by atoms with van der Waals surface area (Å²) in [6, 6.07) is 13.7. The molecule has 0 saturated carbocycles. The summed E-state index contributed by atoms with van der Waals surface area (Å²) in [7, 11) is 0. The molecular weight excluding hydrogens is 464 g/mol. The van der Waals surface area contributed by atoms with E-state index in [-0.39, 0.29) is 19.3 Å². The Kier molecular flexibility index (Phi) is 9.09. The van der Waals surface area contributed by atoms with Gasteiger partial charge in [0.15, 0.2) is 0 Å². The average Bonchev–Trinajstić information content (AvgIpc) is 2.80. The predicted octanol–water partition coefficient (Wildman–Crippen LogP) is 4.72. The van der Waals surface area contributed by atoms with Gasteiger partial charge in [-0.05, 0) is 73.4 Å². The Labute approximate surface area is 210 Å². The molecule has 3 N–H and O–H groups in total. The molecule has 194 valence electrons. The standard InChI is InChI=1S/C28H34O8/c1-4-35-21-9-6-18(7-10-21)11-20-12-19(8-5-16(20)2)28-24(15-27(33)34)23(14-26(31)32)22(13-25(29)30)17(3)36-28/h5-10,12,17,22-24,28H,4,11,13-15H2,1-3H3,(H,29,30)(H,31,32)(H,33,34)/t17?,22?,23?,24?,28-/m0/s1. The quantitative estimate of drug-likeness (QED) is 0.406. The third-order valence-corrected chi connectivity index (χ3v) is 7.01. The van der Waals surface area contributed by atoms with Gasteiger partial charge in [-0.2, -0.15) is 0 Å². The van der Waals surface area contributed by atoms with Crippen molar-refractivity contribution < 1.29 is 39.2 Å². The minimum Gasteiger partial charge on any atom is -0.494 e. The molecule has 3 rings (SSSR count). The highest BCUT2D eigenvalue weighted by atomic mass is 16.5. The maximum Gasteiger partial charge on any atom is 0.303 e. The van der Waals surface area contributed by atoms with Crippen LogP contribution in [0.1, 0.15) is 61.5 Å². The molecule has 1 aliphatic heterocycles. The molecule has 0 aliphatic carbocycles. The van der Waals surface area contributed by atoms with Crippen LogP contribution in [0.4, 0.5) is 0 Å². The van der Waals surface area contributed by atoms with Gasteiger partial charge in [0.05, 0.1) is 31.7 Å². The topological polar surface area (TPSA) is 130 Å². The van der Waals surface area contributed by atoms with Gasteiger partial charge in [-0.3, -0.25) is 14.4 Å². The summed E-state index contributed by atoms with van der Waals surface area (Å²) in [6.45, 7) is 6.26. The van der Waals surface area contributed by atoms with Gasteiger partial charge < -0.3 is 24.8 Å². The molecule has 0 spiro atoms. The minimum atomic E-state index is -1.08. The fraction of sp³-hybridized carbons (Fsp3) is 0.464. The molecule has 0 bridgehead atoms. The second-order valence-corrected chi connectivity index (χ2v) is 9.49. The normalized spacial score (nSPS) is 23.7. The number of rotatable bonds is 11. The Morgan fingerprint density at radius 3 is 2.03 bits per heavy atom. The summed E-state index contributed by atoms with van der Waals surface area (Å²) in [4.78, 5) is 35.0. The summed E-state index contributed by atoms with van der Waals surface area (Å²) >= 11 is 0. The van der Waals surface area contributed by atoms with Gasteiger partial charge >= 0.3 is 17.9 Å². The minimum absolute atomic E-state index is 0.279. The zero-order valence-corrected chi connectivity index (χ0v) is 20.8. The van der Waals surface area contributed by atoms with E-state index in [2.05, 4.69) is 0 Å². The van der Waals surface area contributed by atoms with E-state index < -0.39 is 47.9 Å². The smallest absolute Gasteiger partial charge is 0.303 e. The van der Waals surface area contributed by atoms with E-state index in [1.54, 1.807) is 6.92 Å². The van der Waals surface area contributed by atoms with Gasteiger partial charge in [-0.1, -0.05) is 30.3 Å². The fourth-order valence-corrected chi connectivity index (χ4v) is 5.28. The number of carbonyl (C=O) groups is 3. The van der Waals surface area contributed by atoms with Crippen LogP contribution in [0.25, 0.3) is 0 Å². The van der Waals surface area contributed by atoms with Crippen molar-refractivity contribution in [2.75, 3.05) is 6.61 Å². The molecule has 1 fully saturated rings. The van der Waals surface area contributed by atoms with Crippen molar-refractivity contribution in [1.29, 1.82) is 0 Å². The van der Waals surface area contributed by atoms with Gasteiger partial charge in [-0.25, -0.2) is 0 Å². The summed E-state index contributed by atoms with van der Waals surface area (Å²) in [6.07, 6.45) is -1.46. The lowest BCUT2D eigenvalue weighted by atomic mass is 9.68. The number of aryl methyl sites for hydroxylation is 1. The maximum atomic E-state index is 11.8. The first kappa shape index (κ1) is 27.2. The van der Waals surface area contributed by atoms with Crippen molar-refractivity contribution in [2.24, 2.45) is 17.8 Å². The second kappa shape index (κ2) is 12.0. The maximum absolute atomic E-state index is 11.8. The van der Waals surface area contributed by atoms with E-state index in [4.69, 9.17) is 9.47 Å². The SMILES string of the molecule is CCOc1ccc(Cc2cc([C@@H]3OC(C)C(CC(=O)O)C(CC(=O)O)C3CC(=O)O)ccc2C)cc1. The number of aliphatic carboxylic acids is 3. The molecule has 0 aromatic heterocycles. The first-order valence-corrected chi connectivity index (χ1v) is 12.2. The largest absolute Gasteiger partial charge is 0.494 e. The van der Waals surface area contributed by atoms with Crippen LogP contribution in [-0.2, 0) is 25.5 Å². The molecule has 2 aromatic rings. The highest BCUT2D eigenvalue weighted by Gasteiger charge is 2.46. The molecule has 4 unspecified atom stereocenters. The van der Waals surface area contributed by atoms with Gasteiger partial charge in [-0.15, -0.1) is 0 Å². The molecule has 8 nitrogen and oxygen atoms in total. The van der Waals surface area contributed by atoms with Crippen LogP contribution in [0.5, 0.6) is 5.75 Å². The summed E-state index contributed by atoms with van der Waals surface area (Å²) in [5, 5.41) is 28.6. The Morgan fingerprint density at radius 1 is 0.861 bits per heavy atom. The lowest BCUT2D eigenvalue weighted by molar-refractivity contribution is -0.172. The van der Waals surface area contributed by atoms with E-state index in [9.17, 15) is 29.7 Å². The van der Waals surface area contributed by atoms with Gasteiger partial charge in [0.2, 0.25) is 0 Å². The molecular formula is C28H34O8. The Hall–Kier alpha value is -3.39. The van der Waals surface area contributed by atoms with Crippen LogP contribution in [0.15, 0.2) is 42.5 Å². The molecule has 8 heteroatoms. The van der Waals surface area contributed by atoms with E-state index in [0.717, 1.165) is 28.0 Å². The lowest BCUT2D eigenvalue weighted by Gasteiger charge is -2.45. The highest BCUT2D eigenvalue weighted by Crippen LogP contribution is 2.47. The molecule has 1 heterocycles. The van der Waals surface area contributed by atoms with E-state index in [1.165, 1.54) is 0 Å². The summed E-state index contributed by atoms with van der Waals surface area (Å²) < 4.78 is 11.8. The Bertz CT molecular complexity index is 1080. The van der Waals surface area contributed by atoms with Gasteiger partial charge in [0.1, 0.15) is 5.75 Å². The second-order valence-electron chi connectivity index (χ2n) is 9.49. The van der Waals surface area contributed by atoms with Crippen LogP contribution in [0, 0.1) is 24.7 Å². The van der Waals surface area contributed by atoms with Crippen molar-refractivity contribution in [3.8, 4) is 5.75 Å². The highest BCUT2D eigenvalue weighted by molar-refractivity contribution is 5.70. The molecule has 36 heavy (non-hydrogen) atoms. The summed E-state index contributed by atoms with van der Waals surface area (Å²) in [5.74, 6) is -4.36. The number of ether oxygens (including phenoxy) is 2. The number of hydrogen-bond acceptors (Lipinski definition) is 5. The van der Waals surface area contributed by atoms with Crippen molar-refractivity contribution in [2.45, 2.75) is 58.7 Å². The summed E-state index contributed by atoms with van der Waals surface area (Å²) in [5.41, 5.74) is 3.97. The first-order chi connectivity index (χ1) is 17.1. The monoisotopic (exact) mass is 498 g/mol. The molecule has 0 amide bonds. The van der Waals surface area contributed by atoms with Crippen LogP contribution < -0.4 is 4.74 Å². The molecule has 0 radical (unpaired) electrons. The van der Waals surface area contributed by atoms with Crippen LogP contribution in [-0.4, -0.2) is 45.9 Å². The van der Waals surface area contributed by atoms with Gasteiger partial charge in [0.25, 0.3) is 0 Å². The molecule has 1 aliphatic rings. The third kappa shape index (κ3) is 6.85. The Morgan fingerprint density at radius 2 is 1.44 bits per heavy atom. The van der Waals surface area contributed by atoms with Crippen molar-refractivity contribution in [3.05, 3.63) is 64.7 Å². The number of carboxylic acid groups (broad SMARTS) is 3. The number of benzene rings is 2. The number of hydrogen-bond donors (Lipinski definition) is 3. The first-order valence-electron chi connectivity index (χ1n) is 12.2. The lowest BCUT2D eigenvalue weighted by Crippen LogP contribution is -2.45. The van der Waals surface area contributed by atoms with Crippen LogP contribution >= 0.6 is 0 Å². The van der Waals surface area contributed by atoms with Crippen molar-refractivity contribution in [3.63, 3.8) is 0 Å². The molecule has 1 saturated heterocycles. The zero-order valence-electron chi connectivity index (χ0n) is 20.8. The van der Waals surface area contributed by atoms with Gasteiger partial charge in [0, 0.05) is 12.3 Å². The van der Waals surface area contributed by atoms with Crippen LogP contribution in [0.2, 0.25) is 0 Å². The molecule has 2 aromatic carbocycles. The molecule has 5 atom stereocenters. The zero-order chi connectivity index (χ0) is 26.4. The van der Waals surface area contributed by atoms with Crippen molar-refractivity contribution in [1.82, 2.24) is 0 Å². The van der Waals surface area contributed by atoms with E-state index in [0.29, 0.717) is 13.0 Å². The van der Waals surface area contributed by atoms with E-state index in [1.807, 2.05) is 56.3 Å². The predicted molar refractivity (Wildman–Crippen MR) is 132 cm³/mol. The van der Waals surface area contributed by atoms with E-state index >= 15 is 0 Å². The average molecular weight is 499 g/mol. The fourth-order valence-electron chi connectivity index (χ4n) is 5.28. The van der Waals surface area contributed by atoms with Crippen molar-refractivity contribution >= 4 is 17.9 Å². The van der Waals surface area contributed by atoms with Crippen LogP contribution in [0.3, 0.4) is 0 Å².